The Balaban J connectivity index is 1.36. The largest absolute Gasteiger partial charge is 0.489 e. The monoisotopic (exact) mass is 428 g/mol. The van der Waals surface area contributed by atoms with Crippen molar-refractivity contribution in [2.24, 2.45) is 0 Å². The van der Waals surface area contributed by atoms with Crippen molar-refractivity contribution in [2.45, 2.75) is 6.61 Å². The molecule has 0 saturated carbocycles. The number of hydrogen-bond acceptors (Lipinski definition) is 5. The minimum absolute atomic E-state index is 0.442. The van der Waals surface area contributed by atoms with Crippen molar-refractivity contribution < 1.29 is 13.6 Å². The number of furan rings is 1. The van der Waals surface area contributed by atoms with Gasteiger partial charge in [0.25, 0.3) is 0 Å². The number of halogens is 1. The lowest BCUT2D eigenvalue weighted by molar-refractivity contribution is 0.306. The first-order chi connectivity index (χ1) is 15.2. The van der Waals surface area contributed by atoms with Gasteiger partial charge in [-0.3, -0.25) is 0 Å². The van der Waals surface area contributed by atoms with Gasteiger partial charge in [-0.2, -0.15) is 0 Å². The molecule has 0 radical (unpaired) electrons. The van der Waals surface area contributed by atoms with Gasteiger partial charge in [-0.15, -0.1) is 10.2 Å². The molecular formula is C25H17ClN2O3. The summed E-state index contributed by atoms with van der Waals surface area (Å²) in [5.41, 5.74) is 4.68. The fraction of sp³-hybridized carbons (Fsp3) is 0.0400. The zero-order chi connectivity index (χ0) is 21.0. The molecule has 0 unspecified atom stereocenters. The van der Waals surface area contributed by atoms with Crippen LogP contribution < -0.4 is 4.74 Å². The summed E-state index contributed by atoms with van der Waals surface area (Å²) in [4.78, 5) is 0. The van der Waals surface area contributed by atoms with Gasteiger partial charge < -0.3 is 13.6 Å². The fourth-order valence-electron chi connectivity index (χ4n) is 3.29. The van der Waals surface area contributed by atoms with Gasteiger partial charge >= 0.3 is 0 Å². The maximum Gasteiger partial charge on any atom is 0.248 e. The Morgan fingerprint density at radius 2 is 1.77 bits per heavy atom. The summed E-state index contributed by atoms with van der Waals surface area (Å²) < 4.78 is 16.8. The predicted octanol–water partition coefficient (Wildman–Crippen LogP) is 6.64. The highest BCUT2D eigenvalue weighted by Gasteiger charge is 2.11. The first kappa shape index (κ1) is 19.2. The Labute approximate surface area is 183 Å². The first-order valence-corrected chi connectivity index (χ1v) is 10.1. The molecule has 0 spiro atoms. The van der Waals surface area contributed by atoms with Gasteiger partial charge in [0, 0.05) is 16.0 Å². The second-order valence-corrected chi connectivity index (χ2v) is 7.40. The molecule has 0 aliphatic heterocycles. The quantitative estimate of drug-likeness (QED) is 0.284. The number of benzene rings is 3. The summed E-state index contributed by atoms with van der Waals surface area (Å²) in [6.07, 6.45) is 4.99. The van der Waals surface area contributed by atoms with Crippen LogP contribution in [0.3, 0.4) is 0 Å². The maximum absolute atomic E-state index is 6.00. The van der Waals surface area contributed by atoms with Gasteiger partial charge in [-0.25, -0.2) is 0 Å². The molecule has 6 heteroatoms. The van der Waals surface area contributed by atoms with E-state index in [-0.39, 0.29) is 0 Å². The van der Waals surface area contributed by atoms with Crippen LogP contribution in [0.25, 0.3) is 22.6 Å². The molecule has 0 amide bonds. The second-order valence-electron chi connectivity index (χ2n) is 6.96. The molecule has 0 saturated heterocycles. The van der Waals surface area contributed by atoms with Crippen LogP contribution in [0.4, 0.5) is 0 Å². The van der Waals surface area contributed by atoms with Crippen LogP contribution in [0.5, 0.6) is 5.75 Å². The summed E-state index contributed by atoms with van der Waals surface area (Å²) in [5, 5.41) is 9.64. The van der Waals surface area contributed by atoms with E-state index in [4.69, 9.17) is 25.2 Å². The van der Waals surface area contributed by atoms with E-state index in [2.05, 4.69) is 16.3 Å². The van der Waals surface area contributed by atoms with Crippen molar-refractivity contribution in [3.8, 4) is 5.75 Å². The van der Waals surface area contributed by atoms with Gasteiger partial charge in [0.2, 0.25) is 12.3 Å². The van der Waals surface area contributed by atoms with Crippen molar-refractivity contribution in [1.29, 1.82) is 0 Å². The normalized spacial score (nSPS) is 11.7. The van der Waals surface area contributed by atoms with Crippen LogP contribution in [0.15, 0.2) is 94.3 Å². The standard InChI is InChI=1S/C25H17ClN2O3/c26-21-6-1-17(2-7-21)14-23(25-28-27-16-31-25)19-4-8-22(9-5-19)30-15-18-3-10-24-20(13-18)11-12-29-24/h1-14,16H,15H2. The molecule has 0 N–H and O–H groups in total. The average molecular weight is 429 g/mol. The highest BCUT2D eigenvalue weighted by atomic mass is 35.5. The highest BCUT2D eigenvalue weighted by molar-refractivity contribution is 6.30. The van der Waals surface area contributed by atoms with E-state index in [1.165, 1.54) is 6.39 Å². The summed E-state index contributed by atoms with van der Waals surface area (Å²) in [6, 6.07) is 23.3. The minimum Gasteiger partial charge on any atom is -0.489 e. The van der Waals surface area contributed by atoms with Crippen LogP contribution in [-0.2, 0) is 6.61 Å². The maximum atomic E-state index is 6.00. The third kappa shape index (κ3) is 4.37. The van der Waals surface area contributed by atoms with E-state index in [0.717, 1.165) is 39.0 Å². The number of aromatic nitrogens is 2. The number of fused-ring (bicyclic) bond motifs is 1. The van der Waals surface area contributed by atoms with Crippen LogP contribution in [0.1, 0.15) is 22.6 Å². The van der Waals surface area contributed by atoms with Crippen LogP contribution in [0.2, 0.25) is 5.02 Å². The molecule has 3 aromatic carbocycles. The first-order valence-electron chi connectivity index (χ1n) is 9.68. The molecular weight excluding hydrogens is 412 g/mol. The Bertz CT molecular complexity index is 1320. The number of hydrogen-bond donors (Lipinski definition) is 0. The molecule has 2 aromatic heterocycles. The SMILES string of the molecule is Clc1ccc(C=C(c2ccc(OCc3ccc4occc4c3)cc2)c2nnco2)cc1. The molecule has 5 nitrogen and oxygen atoms in total. The fourth-order valence-corrected chi connectivity index (χ4v) is 3.41. The minimum atomic E-state index is 0.442. The lowest BCUT2D eigenvalue weighted by Gasteiger charge is -2.09. The van der Waals surface area contributed by atoms with E-state index >= 15 is 0 Å². The number of rotatable bonds is 6. The van der Waals surface area contributed by atoms with E-state index in [1.807, 2.05) is 72.8 Å². The van der Waals surface area contributed by atoms with Crippen molar-refractivity contribution in [3.05, 3.63) is 113 Å². The Kier molecular flexibility index (Phi) is 5.25. The second kappa shape index (κ2) is 8.50. The topological polar surface area (TPSA) is 61.3 Å². The van der Waals surface area contributed by atoms with Gasteiger partial charge in [-0.1, -0.05) is 41.9 Å². The summed E-state index contributed by atoms with van der Waals surface area (Å²) >= 11 is 6.00. The van der Waals surface area contributed by atoms with Crippen LogP contribution in [-0.4, -0.2) is 10.2 Å². The molecule has 5 rings (SSSR count). The third-order valence-corrected chi connectivity index (χ3v) is 5.11. The Hall–Kier alpha value is -3.83. The summed E-state index contributed by atoms with van der Waals surface area (Å²) in [5.74, 6) is 1.21. The van der Waals surface area contributed by atoms with E-state index in [1.54, 1.807) is 6.26 Å². The Morgan fingerprint density at radius 1 is 0.935 bits per heavy atom. The predicted molar refractivity (Wildman–Crippen MR) is 120 cm³/mol. The van der Waals surface area contributed by atoms with E-state index in [0.29, 0.717) is 17.5 Å². The molecule has 0 aliphatic rings. The molecule has 0 atom stereocenters. The lowest BCUT2D eigenvalue weighted by Crippen LogP contribution is -1.96. The highest BCUT2D eigenvalue weighted by Crippen LogP contribution is 2.27. The summed E-state index contributed by atoms with van der Waals surface area (Å²) in [6.45, 7) is 0.470. The third-order valence-electron chi connectivity index (χ3n) is 4.86. The van der Waals surface area contributed by atoms with E-state index < -0.39 is 0 Å². The van der Waals surface area contributed by atoms with Crippen molar-refractivity contribution in [3.63, 3.8) is 0 Å². The Morgan fingerprint density at radius 3 is 2.55 bits per heavy atom. The van der Waals surface area contributed by atoms with Gasteiger partial charge in [0.15, 0.2) is 0 Å². The van der Waals surface area contributed by atoms with Crippen molar-refractivity contribution in [2.75, 3.05) is 0 Å². The molecule has 2 heterocycles. The van der Waals surface area contributed by atoms with E-state index in [9.17, 15) is 0 Å². The van der Waals surface area contributed by atoms with Crippen LogP contribution >= 0.6 is 11.6 Å². The van der Waals surface area contributed by atoms with Crippen molar-refractivity contribution in [1.82, 2.24) is 10.2 Å². The summed E-state index contributed by atoms with van der Waals surface area (Å²) in [7, 11) is 0. The molecule has 5 aromatic rings. The van der Waals surface area contributed by atoms with Crippen molar-refractivity contribution >= 4 is 34.2 Å². The zero-order valence-electron chi connectivity index (χ0n) is 16.4. The van der Waals surface area contributed by atoms with Gasteiger partial charge in [0.1, 0.15) is 17.9 Å². The molecule has 152 valence electrons. The molecule has 0 aliphatic carbocycles. The lowest BCUT2D eigenvalue weighted by atomic mass is 10.0. The smallest absolute Gasteiger partial charge is 0.248 e. The molecule has 31 heavy (non-hydrogen) atoms. The number of ether oxygens (including phenoxy) is 1. The molecule has 0 fully saturated rings. The zero-order valence-corrected chi connectivity index (χ0v) is 17.1. The molecule has 0 bridgehead atoms. The average Bonchev–Trinajstić information content (AvgIpc) is 3.49. The van der Waals surface area contributed by atoms with Gasteiger partial charge in [-0.05, 0) is 65.2 Å². The van der Waals surface area contributed by atoms with Gasteiger partial charge in [0.05, 0.1) is 6.26 Å². The number of nitrogens with zero attached hydrogens (tertiary/aromatic N) is 2. The van der Waals surface area contributed by atoms with Crippen LogP contribution in [0, 0.1) is 0 Å².